The molecule has 22 heavy (non-hydrogen) atoms. The Kier molecular flexibility index (Phi) is 8.56. The number of benzene rings is 1. The minimum Gasteiger partial charge on any atom is -0.478 e. The van der Waals surface area contributed by atoms with Crippen LogP contribution in [0.4, 0.5) is 0 Å². The maximum Gasteiger partial charge on any atom is 0.335 e. The highest BCUT2D eigenvalue weighted by Gasteiger charge is 2.16. The normalized spacial score (nSPS) is 14.8. The van der Waals surface area contributed by atoms with Gasteiger partial charge in [-0.1, -0.05) is 30.8 Å². The van der Waals surface area contributed by atoms with Crippen molar-refractivity contribution >= 4 is 39.9 Å². The smallest absolute Gasteiger partial charge is 0.335 e. The second kappa shape index (κ2) is 9.90. The lowest BCUT2D eigenvalue weighted by molar-refractivity contribution is 0.0697. The van der Waals surface area contributed by atoms with E-state index >= 15 is 0 Å². The number of hydrogen-bond acceptors (Lipinski definition) is 3. The van der Waals surface area contributed by atoms with Crippen LogP contribution in [0, 0.1) is 0 Å². The summed E-state index contributed by atoms with van der Waals surface area (Å²) in [6, 6.07) is 7.10. The summed E-state index contributed by atoms with van der Waals surface area (Å²) in [5, 5.41) is 10.0. The van der Waals surface area contributed by atoms with Crippen molar-refractivity contribution in [3.8, 4) is 0 Å². The fraction of sp³-hybridized carbons (Fsp3) is 0.500. The Balaban J connectivity index is 0.00000242. The van der Waals surface area contributed by atoms with Gasteiger partial charge in [-0.2, -0.15) is 0 Å². The van der Waals surface area contributed by atoms with Crippen LogP contribution >= 0.6 is 28.7 Å². The molecule has 0 bridgehead atoms. The van der Waals surface area contributed by atoms with E-state index in [-0.39, 0.29) is 17.0 Å². The second-order valence-corrected chi connectivity index (χ2v) is 6.09. The lowest BCUT2D eigenvalue weighted by atomic mass is 10.1. The first kappa shape index (κ1) is 19.0. The van der Waals surface area contributed by atoms with Gasteiger partial charge in [-0.15, -0.1) is 17.0 Å². The van der Waals surface area contributed by atoms with Gasteiger partial charge in [0.1, 0.15) is 0 Å². The van der Waals surface area contributed by atoms with Gasteiger partial charge in [-0.3, -0.25) is 4.99 Å². The first-order valence-electron chi connectivity index (χ1n) is 7.45. The molecule has 0 unspecified atom stereocenters. The third kappa shape index (κ3) is 5.65. The maximum absolute atomic E-state index is 10.8. The molecule has 122 valence electrons. The highest BCUT2D eigenvalue weighted by molar-refractivity contribution is 8.93. The van der Waals surface area contributed by atoms with E-state index in [9.17, 15) is 4.79 Å². The van der Waals surface area contributed by atoms with Crippen LogP contribution in [0.1, 0.15) is 42.1 Å². The van der Waals surface area contributed by atoms with Crippen molar-refractivity contribution in [3.63, 3.8) is 0 Å². The molecule has 1 aliphatic heterocycles. The molecule has 6 heteroatoms. The third-order valence-electron chi connectivity index (χ3n) is 3.42. The van der Waals surface area contributed by atoms with Crippen LogP contribution in [0.3, 0.4) is 0 Å². The summed E-state index contributed by atoms with van der Waals surface area (Å²) in [4.78, 5) is 17.9. The van der Waals surface area contributed by atoms with E-state index in [1.807, 2.05) is 12.1 Å². The Bertz CT molecular complexity index is 499. The predicted octanol–water partition coefficient (Wildman–Crippen LogP) is 4.06. The molecule has 1 N–H and O–H groups in total. The summed E-state index contributed by atoms with van der Waals surface area (Å²) in [5.41, 5.74) is 1.47. The van der Waals surface area contributed by atoms with Gasteiger partial charge >= 0.3 is 5.97 Å². The van der Waals surface area contributed by atoms with Crippen molar-refractivity contribution in [1.29, 1.82) is 0 Å². The number of rotatable bonds is 5. The average molecular weight is 387 g/mol. The quantitative estimate of drug-likeness (QED) is 0.612. The lowest BCUT2D eigenvalue weighted by Gasteiger charge is -2.19. The minimum atomic E-state index is -0.878. The lowest BCUT2D eigenvalue weighted by Crippen LogP contribution is -2.25. The Morgan fingerprint density at radius 1 is 1.27 bits per heavy atom. The molecule has 2 rings (SSSR count). The number of aliphatic imine (C=N–C) groups is 1. The fourth-order valence-electron chi connectivity index (χ4n) is 2.24. The van der Waals surface area contributed by atoms with E-state index in [0.717, 1.165) is 42.5 Å². The van der Waals surface area contributed by atoms with E-state index in [1.165, 1.54) is 12.8 Å². The van der Waals surface area contributed by atoms with Crippen LogP contribution in [0.2, 0.25) is 0 Å². The molecule has 0 aromatic heterocycles. The molecule has 1 aromatic rings. The zero-order valence-corrected chi connectivity index (χ0v) is 15.4. The topological polar surface area (TPSA) is 52.9 Å². The van der Waals surface area contributed by atoms with Gasteiger partial charge in [-0.05, 0) is 37.0 Å². The molecule has 0 spiro atoms. The maximum atomic E-state index is 10.8. The molecule has 1 saturated heterocycles. The molecular formula is C16H23BrN2O2S. The van der Waals surface area contributed by atoms with Gasteiger partial charge in [0, 0.05) is 25.4 Å². The van der Waals surface area contributed by atoms with Crippen LogP contribution in [0.25, 0.3) is 0 Å². The summed E-state index contributed by atoms with van der Waals surface area (Å²) >= 11 is 1.75. The number of likely N-dealkylation sites (tertiary alicyclic amines) is 1. The predicted molar refractivity (Wildman–Crippen MR) is 98.4 cm³/mol. The molecule has 0 radical (unpaired) electrons. The highest BCUT2D eigenvalue weighted by Crippen LogP contribution is 2.20. The summed E-state index contributed by atoms with van der Waals surface area (Å²) < 4.78 is 0. The number of hydrogen-bond donors (Lipinski definition) is 1. The Morgan fingerprint density at radius 3 is 2.45 bits per heavy atom. The highest BCUT2D eigenvalue weighted by atomic mass is 79.9. The molecule has 0 saturated carbocycles. The van der Waals surface area contributed by atoms with E-state index in [0.29, 0.717) is 5.56 Å². The molecule has 1 fully saturated rings. The molecule has 1 aromatic carbocycles. The standard InChI is InChI=1S/C16H22N2O2S.BrH/c1-2-9-17-16(18-10-3-4-11-18)21-12-13-5-7-14(8-6-13)15(19)20;/h5-8H,2-4,9-12H2,1H3,(H,19,20);1H. The van der Waals surface area contributed by atoms with Gasteiger partial charge in [0.25, 0.3) is 0 Å². The number of carbonyl (C=O) groups is 1. The van der Waals surface area contributed by atoms with Crippen molar-refractivity contribution in [2.24, 2.45) is 4.99 Å². The van der Waals surface area contributed by atoms with Crippen molar-refractivity contribution in [2.75, 3.05) is 19.6 Å². The Labute approximate surface area is 146 Å². The number of thioether (sulfide) groups is 1. The van der Waals surface area contributed by atoms with Gasteiger partial charge in [-0.25, -0.2) is 4.79 Å². The van der Waals surface area contributed by atoms with Gasteiger partial charge in [0.05, 0.1) is 5.56 Å². The number of aromatic carboxylic acids is 1. The van der Waals surface area contributed by atoms with Crippen LogP contribution in [-0.2, 0) is 5.75 Å². The molecule has 0 atom stereocenters. The molecule has 1 heterocycles. The number of amidine groups is 1. The third-order valence-corrected chi connectivity index (χ3v) is 4.54. The van der Waals surface area contributed by atoms with Crippen molar-refractivity contribution in [3.05, 3.63) is 35.4 Å². The largest absolute Gasteiger partial charge is 0.478 e. The Morgan fingerprint density at radius 2 is 1.91 bits per heavy atom. The first-order valence-corrected chi connectivity index (χ1v) is 8.43. The van der Waals surface area contributed by atoms with Crippen LogP contribution < -0.4 is 0 Å². The summed E-state index contributed by atoms with van der Waals surface area (Å²) in [5.74, 6) is -0.0460. The first-order chi connectivity index (χ1) is 10.2. The average Bonchev–Trinajstić information content (AvgIpc) is 3.02. The minimum absolute atomic E-state index is 0. The number of nitrogens with zero attached hydrogens (tertiary/aromatic N) is 2. The van der Waals surface area contributed by atoms with Crippen molar-refractivity contribution < 1.29 is 9.90 Å². The zero-order chi connectivity index (χ0) is 15.1. The van der Waals surface area contributed by atoms with E-state index in [4.69, 9.17) is 10.1 Å². The van der Waals surface area contributed by atoms with Crippen LogP contribution in [-0.4, -0.2) is 40.8 Å². The molecule has 0 aliphatic carbocycles. The van der Waals surface area contributed by atoms with Crippen molar-refractivity contribution in [1.82, 2.24) is 4.90 Å². The van der Waals surface area contributed by atoms with E-state index in [2.05, 4.69) is 11.8 Å². The summed E-state index contributed by atoms with van der Waals surface area (Å²) in [7, 11) is 0. The van der Waals surface area contributed by atoms with Crippen molar-refractivity contribution in [2.45, 2.75) is 31.9 Å². The Hall–Kier alpha value is -1.01. The van der Waals surface area contributed by atoms with Gasteiger partial charge in [0.15, 0.2) is 5.17 Å². The van der Waals surface area contributed by atoms with Crippen LogP contribution in [0.15, 0.2) is 29.3 Å². The zero-order valence-electron chi connectivity index (χ0n) is 12.8. The van der Waals surface area contributed by atoms with Gasteiger partial charge in [0.2, 0.25) is 0 Å². The van der Waals surface area contributed by atoms with E-state index < -0.39 is 5.97 Å². The SMILES string of the molecule is Br.CCCN=C(SCc1ccc(C(=O)O)cc1)N1CCCC1. The number of carboxylic acids is 1. The monoisotopic (exact) mass is 386 g/mol. The van der Waals surface area contributed by atoms with E-state index in [1.54, 1.807) is 23.9 Å². The van der Waals surface area contributed by atoms with Gasteiger partial charge < -0.3 is 10.0 Å². The number of halogens is 1. The fourth-order valence-corrected chi connectivity index (χ4v) is 3.28. The molecule has 4 nitrogen and oxygen atoms in total. The molecule has 1 aliphatic rings. The molecular weight excluding hydrogens is 364 g/mol. The second-order valence-electron chi connectivity index (χ2n) is 5.15. The number of carboxylic acid groups (broad SMARTS) is 1. The summed E-state index contributed by atoms with van der Waals surface area (Å²) in [6.07, 6.45) is 3.56. The molecule has 0 amide bonds. The summed E-state index contributed by atoms with van der Waals surface area (Å²) in [6.45, 7) is 5.22. The van der Waals surface area contributed by atoms with Crippen LogP contribution in [0.5, 0.6) is 0 Å².